The van der Waals surface area contributed by atoms with Gasteiger partial charge in [-0.25, -0.2) is 4.79 Å². The Kier molecular flexibility index (Phi) is 5.63. The topological polar surface area (TPSA) is 69.6 Å². The molecule has 0 heterocycles. The van der Waals surface area contributed by atoms with E-state index in [9.17, 15) is 9.59 Å². The molecule has 0 radical (unpaired) electrons. The number of rotatable bonds is 5. The van der Waals surface area contributed by atoms with Gasteiger partial charge in [0, 0.05) is 26.1 Å². The SMILES string of the molecule is CN(C(=O)NCCCC(=O)O)C1CCC(C)(C)CC1. The number of hydrogen-bond donors (Lipinski definition) is 2. The van der Waals surface area contributed by atoms with E-state index in [0.717, 1.165) is 25.7 Å². The molecule has 0 bridgehead atoms. The zero-order chi connectivity index (χ0) is 14.5. The summed E-state index contributed by atoms with van der Waals surface area (Å²) in [7, 11) is 1.83. The highest BCUT2D eigenvalue weighted by Gasteiger charge is 2.30. The summed E-state index contributed by atoms with van der Waals surface area (Å²) in [5.41, 5.74) is 0.398. The first-order chi connectivity index (χ1) is 8.82. The first kappa shape index (κ1) is 15.8. The highest BCUT2D eigenvalue weighted by molar-refractivity contribution is 5.74. The molecule has 1 aliphatic carbocycles. The molecular weight excluding hydrogens is 244 g/mol. The molecular formula is C14H26N2O3. The minimum atomic E-state index is -0.822. The number of urea groups is 1. The van der Waals surface area contributed by atoms with Crippen molar-refractivity contribution in [2.24, 2.45) is 5.41 Å². The van der Waals surface area contributed by atoms with Crippen molar-refractivity contribution >= 4 is 12.0 Å². The number of nitrogens with one attached hydrogen (secondary N) is 1. The summed E-state index contributed by atoms with van der Waals surface area (Å²) >= 11 is 0. The fourth-order valence-electron chi connectivity index (χ4n) is 2.50. The number of carbonyl (C=O) groups is 2. The predicted molar refractivity (Wildman–Crippen MR) is 74.1 cm³/mol. The van der Waals surface area contributed by atoms with Gasteiger partial charge in [0.15, 0.2) is 0 Å². The van der Waals surface area contributed by atoms with Crippen LogP contribution in [0.25, 0.3) is 0 Å². The van der Waals surface area contributed by atoms with Crippen LogP contribution >= 0.6 is 0 Å². The predicted octanol–water partition coefficient (Wildman–Crippen LogP) is 2.46. The standard InChI is InChI=1S/C14H26N2O3/c1-14(2)8-6-11(7-9-14)16(3)13(19)15-10-4-5-12(17)18/h11H,4-10H2,1-3H3,(H,15,19)(H,17,18). The van der Waals surface area contributed by atoms with E-state index < -0.39 is 5.97 Å². The molecule has 5 heteroatoms. The Bertz CT molecular complexity index is 319. The normalized spacial score (nSPS) is 18.9. The van der Waals surface area contributed by atoms with Gasteiger partial charge >= 0.3 is 12.0 Å². The zero-order valence-corrected chi connectivity index (χ0v) is 12.2. The average Bonchev–Trinajstić information content (AvgIpc) is 2.33. The van der Waals surface area contributed by atoms with Crippen molar-refractivity contribution in [3.8, 4) is 0 Å². The molecule has 1 aliphatic rings. The van der Waals surface area contributed by atoms with Crippen molar-refractivity contribution in [2.45, 2.75) is 58.4 Å². The van der Waals surface area contributed by atoms with Crippen LogP contribution in [-0.4, -0.2) is 41.6 Å². The van der Waals surface area contributed by atoms with Gasteiger partial charge in [0.1, 0.15) is 0 Å². The van der Waals surface area contributed by atoms with E-state index in [1.165, 1.54) is 0 Å². The molecule has 110 valence electrons. The van der Waals surface area contributed by atoms with E-state index in [1.807, 2.05) is 7.05 Å². The van der Waals surface area contributed by atoms with Gasteiger partial charge in [0.25, 0.3) is 0 Å². The van der Waals surface area contributed by atoms with E-state index in [4.69, 9.17) is 5.11 Å². The van der Waals surface area contributed by atoms with Gasteiger partial charge in [-0.05, 0) is 37.5 Å². The number of aliphatic carboxylic acids is 1. The van der Waals surface area contributed by atoms with E-state index in [0.29, 0.717) is 24.4 Å². The summed E-state index contributed by atoms with van der Waals surface area (Å²) in [5, 5.41) is 11.3. The van der Waals surface area contributed by atoms with Gasteiger partial charge in [-0.2, -0.15) is 0 Å². The van der Waals surface area contributed by atoms with Gasteiger partial charge in [-0.1, -0.05) is 13.8 Å². The molecule has 1 fully saturated rings. The maximum Gasteiger partial charge on any atom is 0.317 e. The summed E-state index contributed by atoms with van der Waals surface area (Å²) in [5.74, 6) is -0.822. The first-order valence-electron chi connectivity index (χ1n) is 7.04. The smallest absolute Gasteiger partial charge is 0.317 e. The summed E-state index contributed by atoms with van der Waals surface area (Å²) in [4.78, 5) is 24.1. The maximum atomic E-state index is 11.9. The Labute approximate surface area is 115 Å². The Morgan fingerprint density at radius 2 is 1.89 bits per heavy atom. The molecule has 0 unspecified atom stereocenters. The van der Waals surface area contributed by atoms with Crippen LogP contribution in [0.4, 0.5) is 4.79 Å². The zero-order valence-electron chi connectivity index (χ0n) is 12.2. The van der Waals surface area contributed by atoms with Crippen molar-refractivity contribution in [2.75, 3.05) is 13.6 Å². The van der Waals surface area contributed by atoms with Crippen molar-refractivity contribution in [1.82, 2.24) is 10.2 Å². The first-order valence-corrected chi connectivity index (χ1v) is 7.04. The molecule has 0 atom stereocenters. The van der Waals surface area contributed by atoms with Crippen molar-refractivity contribution in [3.63, 3.8) is 0 Å². The summed E-state index contributed by atoms with van der Waals surface area (Å²) in [6.07, 6.45) is 4.97. The second-order valence-corrected chi connectivity index (χ2v) is 6.24. The van der Waals surface area contributed by atoms with Crippen LogP contribution in [0.2, 0.25) is 0 Å². The largest absolute Gasteiger partial charge is 0.481 e. The molecule has 1 saturated carbocycles. The lowest BCUT2D eigenvalue weighted by Crippen LogP contribution is -2.46. The van der Waals surface area contributed by atoms with Crippen molar-refractivity contribution in [3.05, 3.63) is 0 Å². The highest BCUT2D eigenvalue weighted by atomic mass is 16.4. The molecule has 5 nitrogen and oxygen atoms in total. The quantitative estimate of drug-likeness (QED) is 0.754. The lowest BCUT2D eigenvalue weighted by molar-refractivity contribution is -0.137. The Hall–Kier alpha value is -1.26. The summed E-state index contributed by atoms with van der Waals surface area (Å²) < 4.78 is 0. The molecule has 0 saturated heterocycles. The van der Waals surface area contributed by atoms with Crippen LogP contribution in [0.3, 0.4) is 0 Å². The van der Waals surface area contributed by atoms with Crippen LogP contribution in [-0.2, 0) is 4.79 Å². The number of amides is 2. The molecule has 1 rings (SSSR count). The highest BCUT2D eigenvalue weighted by Crippen LogP contribution is 2.36. The minimum absolute atomic E-state index is 0.0879. The number of carboxylic acid groups (broad SMARTS) is 1. The second-order valence-electron chi connectivity index (χ2n) is 6.24. The maximum absolute atomic E-state index is 11.9. The molecule has 2 amide bonds. The van der Waals surface area contributed by atoms with Gasteiger partial charge in [0.2, 0.25) is 0 Å². The Morgan fingerprint density at radius 1 is 1.32 bits per heavy atom. The Morgan fingerprint density at radius 3 is 2.42 bits per heavy atom. The van der Waals surface area contributed by atoms with Crippen molar-refractivity contribution < 1.29 is 14.7 Å². The third-order valence-corrected chi connectivity index (χ3v) is 4.02. The number of hydrogen-bond acceptors (Lipinski definition) is 2. The van der Waals surface area contributed by atoms with E-state index in [1.54, 1.807) is 4.90 Å². The summed E-state index contributed by atoms with van der Waals surface area (Å²) in [6.45, 7) is 4.97. The lowest BCUT2D eigenvalue weighted by Gasteiger charge is -2.38. The van der Waals surface area contributed by atoms with Crippen LogP contribution in [0.15, 0.2) is 0 Å². The summed E-state index contributed by atoms with van der Waals surface area (Å²) in [6, 6.07) is 0.225. The number of nitrogens with zero attached hydrogens (tertiary/aromatic N) is 1. The van der Waals surface area contributed by atoms with Gasteiger partial charge in [0.05, 0.1) is 0 Å². The lowest BCUT2D eigenvalue weighted by atomic mass is 9.75. The molecule has 0 aliphatic heterocycles. The average molecular weight is 270 g/mol. The minimum Gasteiger partial charge on any atom is -0.481 e. The van der Waals surface area contributed by atoms with Gasteiger partial charge in [-0.3, -0.25) is 4.79 Å². The van der Waals surface area contributed by atoms with Crippen LogP contribution < -0.4 is 5.32 Å². The van der Waals surface area contributed by atoms with Crippen molar-refractivity contribution in [1.29, 1.82) is 0 Å². The van der Waals surface area contributed by atoms with Crippen LogP contribution in [0, 0.1) is 5.41 Å². The van der Waals surface area contributed by atoms with Gasteiger partial charge < -0.3 is 15.3 Å². The molecule has 2 N–H and O–H groups in total. The fraction of sp³-hybridized carbons (Fsp3) is 0.857. The Balaban J connectivity index is 2.27. The third kappa shape index (κ3) is 5.49. The van der Waals surface area contributed by atoms with Crippen LogP contribution in [0.5, 0.6) is 0 Å². The molecule has 0 spiro atoms. The fourth-order valence-corrected chi connectivity index (χ4v) is 2.50. The van der Waals surface area contributed by atoms with Gasteiger partial charge in [-0.15, -0.1) is 0 Å². The van der Waals surface area contributed by atoms with Crippen LogP contribution in [0.1, 0.15) is 52.4 Å². The molecule has 0 aromatic rings. The third-order valence-electron chi connectivity index (χ3n) is 4.02. The molecule has 0 aromatic heterocycles. The van der Waals surface area contributed by atoms with E-state index in [-0.39, 0.29) is 12.5 Å². The number of carbonyl (C=O) groups excluding carboxylic acids is 1. The van der Waals surface area contributed by atoms with E-state index >= 15 is 0 Å². The van der Waals surface area contributed by atoms with E-state index in [2.05, 4.69) is 19.2 Å². The monoisotopic (exact) mass is 270 g/mol. The molecule has 19 heavy (non-hydrogen) atoms. The second kappa shape index (κ2) is 6.78. The molecule has 0 aromatic carbocycles. The number of carboxylic acids is 1.